The van der Waals surface area contributed by atoms with Crippen molar-refractivity contribution in [2.24, 2.45) is 0 Å². The molecule has 0 bridgehead atoms. The number of methoxy groups -OCH3 is 1. The summed E-state index contributed by atoms with van der Waals surface area (Å²) in [6, 6.07) is 10.1. The molecule has 0 aliphatic carbocycles. The van der Waals surface area contributed by atoms with Crippen molar-refractivity contribution in [2.75, 3.05) is 26.9 Å². The second kappa shape index (κ2) is 10.9. The van der Waals surface area contributed by atoms with E-state index < -0.39 is 5.97 Å². The molecule has 0 spiro atoms. The molecule has 2 aromatic carbocycles. The third-order valence-corrected chi connectivity index (χ3v) is 4.00. The molecule has 0 atom stereocenters. The Kier molecular flexibility index (Phi) is 8.33. The molecule has 7 nitrogen and oxygen atoms in total. The molecule has 0 heterocycles. The van der Waals surface area contributed by atoms with Crippen molar-refractivity contribution < 1.29 is 28.5 Å². The highest BCUT2D eigenvalue weighted by molar-refractivity contribution is 5.95. The van der Waals surface area contributed by atoms with Crippen molar-refractivity contribution in [3.8, 4) is 17.2 Å². The van der Waals surface area contributed by atoms with E-state index in [9.17, 15) is 9.59 Å². The molecule has 7 heteroatoms. The number of carbonyl (C=O) groups is 2. The fourth-order valence-corrected chi connectivity index (χ4v) is 2.68. The van der Waals surface area contributed by atoms with Gasteiger partial charge in [-0.2, -0.15) is 0 Å². The van der Waals surface area contributed by atoms with Crippen molar-refractivity contribution in [3.05, 3.63) is 53.1 Å². The second-order valence-corrected chi connectivity index (χ2v) is 5.97. The Labute approximate surface area is 170 Å². The van der Waals surface area contributed by atoms with E-state index in [1.54, 1.807) is 36.4 Å². The average molecular weight is 401 g/mol. The molecular weight excluding hydrogens is 374 g/mol. The van der Waals surface area contributed by atoms with Gasteiger partial charge in [-0.05, 0) is 50.6 Å². The zero-order valence-electron chi connectivity index (χ0n) is 17.2. The first-order valence-electron chi connectivity index (χ1n) is 9.55. The number of esters is 1. The highest BCUT2D eigenvalue weighted by Gasteiger charge is 2.18. The van der Waals surface area contributed by atoms with Crippen LogP contribution in [0.15, 0.2) is 36.4 Å². The summed E-state index contributed by atoms with van der Waals surface area (Å²) in [7, 11) is 1.33. The molecule has 1 N–H and O–H groups in total. The quantitative estimate of drug-likeness (QED) is 0.613. The maximum absolute atomic E-state index is 12.7. The van der Waals surface area contributed by atoms with Gasteiger partial charge in [-0.25, -0.2) is 4.79 Å². The average Bonchev–Trinajstić information content (AvgIpc) is 2.74. The summed E-state index contributed by atoms with van der Waals surface area (Å²) in [5.41, 5.74) is 1.72. The largest absolute Gasteiger partial charge is 0.490 e. The van der Waals surface area contributed by atoms with E-state index in [2.05, 4.69) is 10.1 Å². The van der Waals surface area contributed by atoms with E-state index >= 15 is 0 Å². The van der Waals surface area contributed by atoms with E-state index in [4.69, 9.17) is 14.2 Å². The van der Waals surface area contributed by atoms with Gasteiger partial charge in [0.2, 0.25) is 5.75 Å². The number of rotatable bonds is 10. The number of benzene rings is 2. The minimum atomic E-state index is -0.401. The van der Waals surface area contributed by atoms with E-state index in [1.165, 1.54) is 7.11 Å². The van der Waals surface area contributed by atoms with Gasteiger partial charge < -0.3 is 24.3 Å². The number of ether oxygens (including phenoxy) is 4. The number of amides is 1. The van der Waals surface area contributed by atoms with Crippen LogP contribution in [0.2, 0.25) is 0 Å². The first-order valence-corrected chi connectivity index (χ1v) is 9.55. The Morgan fingerprint density at radius 2 is 1.38 bits per heavy atom. The van der Waals surface area contributed by atoms with Crippen LogP contribution in [-0.2, 0) is 11.3 Å². The second-order valence-electron chi connectivity index (χ2n) is 5.97. The third kappa shape index (κ3) is 5.88. The van der Waals surface area contributed by atoms with Crippen molar-refractivity contribution in [1.82, 2.24) is 5.32 Å². The van der Waals surface area contributed by atoms with Crippen LogP contribution >= 0.6 is 0 Å². The highest BCUT2D eigenvalue weighted by atomic mass is 16.5. The number of hydrogen-bond donors (Lipinski definition) is 1. The molecule has 0 fully saturated rings. The molecule has 0 radical (unpaired) electrons. The van der Waals surface area contributed by atoms with Crippen molar-refractivity contribution >= 4 is 11.9 Å². The van der Waals surface area contributed by atoms with E-state index in [-0.39, 0.29) is 5.91 Å². The molecule has 0 aliphatic heterocycles. The first-order chi connectivity index (χ1) is 14.0. The van der Waals surface area contributed by atoms with Crippen LogP contribution in [-0.4, -0.2) is 38.8 Å². The predicted molar refractivity (Wildman–Crippen MR) is 109 cm³/mol. The lowest BCUT2D eigenvalue weighted by atomic mass is 10.1. The molecular formula is C22H27NO6. The predicted octanol–water partition coefficient (Wildman–Crippen LogP) is 3.60. The lowest BCUT2D eigenvalue weighted by Crippen LogP contribution is -2.23. The Morgan fingerprint density at radius 3 is 1.86 bits per heavy atom. The number of hydrogen-bond acceptors (Lipinski definition) is 6. The maximum Gasteiger partial charge on any atom is 0.337 e. The molecule has 0 unspecified atom stereocenters. The first kappa shape index (κ1) is 22.1. The summed E-state index contributed by atoms with van der Waals surface area (Å²) in [5.74, 6) is 0.751. The monoisotopic (exact) mass is 401 g/mol. The van der Waals surface area contributed by atoms with Gasteiger partial charge in [-0.1, -0.05) is 12.1 Å². The Balaban J connectivity index is 2.17. The smallest absolute Gasteiger partial charge is 0.337 e. The maximum atomic E-state index is 12.7. The Morgan fingerprint density at radius 1 is 0.828 bits per heavy atom. The minimum absolute atomic E-state index is 0.271. The van der Waals surface area contributed by atoms with Gasteiger partial charge >= 0.3 is 5.97 Å². The zero-order valence-corrected chi connectivity index (χ0v) is 17.2. The Bertz CT molecular complexity index is 805. The number of carbonyl (C=O) groups excluding carboxylic acids is 2. The van der Waals surface area contributed by atoms with Gasteiger partial charge in [0, 0.05) is 12.1 Å². The number of nitrogens with one attached hydrogen (secondary N) is 1. The van der Waals surface area contributed by atoms with Crippen molar-refractivity contribution in [1.29, 1.82) is 0 Å². The zero-order chi connectivity index (χ0) is 21.2. The summed E-state index contributed by atoms with van der Waals surface area (Å²) in [4.78, 5) is 24.2. The van der Waals surface area contributed by atoms with Crippen LogP contribution in [0.4, 0.5) is 0 Å². The normalized spacial score (nSPS) is 10.2. The molecule has 0 aromatic heterocycles. The van der Waals surface area contributed by atoms with Gasteiger partial charge in [0.25, 0.3) is 5.91 Å². The van der Waals surface area contributed by atoms with Crippen LogP contribution in [0.25, 0.3) is 0 Å². The summed E-state index contributed by atoms with van der Waals surface area (Å²) in [6.07, 6.45) is 0. The van der Waals surface area contributed by atoms with Gasteiger partial charge in [-0.3, -0.25) is 4.79 Å². The van der Waals surface area contributed by atoms with Crippen LogP contribution in [0.5, 0.6) is 17.2 Å². The minimum Gasteiger partial charge on any atom is -0.490 e. The standard InChI is InChI=1S/C22H27NO6/c1-5-27-18-12-17(13-19(28-6-2)20(18)29-7-3)21(24)23-14-15-8-10-16(11-9-15)22(25)26-4/h8-13H,5-7,14H2,1-4H3,(H,23,24). The van der Waals surface area contributed by atoms with Crippen molar-refractivity contribution in [3.63, 3.8) is 0 Å². The van der Waals surface area contributed by atoms with Crippen LogP contribution in [0.1, 0.15) is 47.1 Å². The van der Waals surface area contributed by atoms with Crippen LogP contribution in [0.3, 0.4) is 0 Å². The van der Waals surface area contributed by atoms with Crippen LogP contribution in [0, 0.1) is 0 Å². The fraction of sp³-hybridized carbons (Fsp3) is 0.364. The lowest BCUT2D eigenvalue weighted by molar-refractivity contribution is 0.0600. The third-order valence-electron chi connectivity index (χ3n) is 4.00. The SMILES string of the molecule is CCOc1cc(C(=O)NCc2ccc(C(=O)OC)cc2)cc(OCC)c1OCC. The van der Waals surface area contributed by atoms with Gasteiger partial charge in [-0.15, -0.1) is 0 Å². The van der Waals surface area contributed by atoms with E-state index in [0.29, 0.717) is 54.7 Å². The summed E-state index contributed by atoms with van der Waals surface area (Å²) in [6.45, 7) is 7.22. The molecule has 29 heavy (non-hydrogen) atoms. The molecule has 2 aromatic rings. The van der Waals surface area contributed by atoms with E-state index in [1.807, 2.05) is 20.8 Å². The highest BCUT2D eigenvalue weighted by Crippen LogP contribution is 2.39. The lowest BCUT2D eigenvalue weighted by Gasteiger charge is -2.17. The molecule has 156 valence electrons. The van der Waals surface area contributed by atoms with Gasteiger partial charge in [0.1, 0.15) is 0 Å². The van der Waals surface area contributed by atoms with Gasteiger partial charge in [0.15, 0.2) is 11.5 Å². The molecule has 2 rings (SSSR count). The van der Waals surface area contributed by atoms with Crippen molar-refractivity contribution in [2.45, 2.75) is 27.3 Å². The summed E-state index contributed by atoms with van der Waals surface area (Å²) >= 11 is 0. The molecule has 0 aliphatic rings. The topological polar surface area (TPSA) is 83.1 Å². The molecule has 1 amide bonds. The van der Waals surface area contributed by atoms with E-state index in [0.717, 1.165) is 5.56 Å². The Hall–Kier alpha value is -3.22. The molecule has 0 saturated carbocycles. The fourth-order valence-electron chi connectivity index (χ4n) is 2.68. The summed E-state index contributed by atoms with van der Waals surface area (Å²) < 4.78 is 21.6. The molecule has 0 saturated heterocycles. The summed E-state index contributed by atoms with van der Waals surface area (Å²) in [5, 5.41) is 2.86. The van der Waals surface area contributed by atoms with Gasteiger partial charge in [0.05, 0.1) is 32.5 Å². The van der Waals surface area contributed by atoms with Crippen LogP contribution < -0.4 is 19.5 Å².